The van der Waals surface area contributed by atoms with Crippen LogP contribution in [0.1, 0.15) is 15.9 Å². The Balaban J connectivity index is 1.50. The van der Waals surface area contributed by atoms with Gasteiger partial charge in [0.05, 0.1) is 18.6 Å². The number of anilines is 1. The number of amidine groups is 1. The standard InChI is InChI=1S/C26H20FN3O4S/c1-34-21-13-7-18(8-14-21)24(32)29-23(31)16-35-26-28-22(15-17-5-3-2-4-6-17)25(33)30(26)20-11-9-19(27)10-12-20/h2-15H,16H2,1H3,(H,29,31,32)/b22-15-. The fourth-order valence-corrected chi connectivity index (χ4v) is 4.04. The molecule has 0 aliphatic carbocycles. The van der Waals surface area contributed by atoms with Gasteiger partial charge in [0.1, 0.15) is 17.3 Å². The monoisotopic (exact) mass is 489 g/mol. The van der Waals surface area contributed by atoms with Crippen LogP contribution in [0.15, 0.2) is 89.6 Å². The number of carbonyl (C=O) groups excluding carboxylic acids is 3. The van der Waals surface area contributed by atoms with Gasteiger partial charge in [-0.3, -0.25) is 24.6 Å². The first-order valence-corrected chi connectivity index (χ1v) is 11.5. The summed E-state index contributed by atoms with van der Waals surface area (Å²) in [5.41, 5.74) is 1.68. The van der Waals surface area contributed by atoms with Gasteiger partial charge in [0.15, 0.2) is 5.17 Å². The lowest BCUT2D eigenvalue weighted by atomic mass is 10.2. The van der Waals surface area contributed by atoms with Gasteiger partial charge in [-0.15, -0.1) is 0 Å². The summed E-state index contributed by atoms with van der Waals surface area (Å²) >= 11 is 0.997. The molecule has 0 saturated heterocycles. The number of methoxy groups -OCH3 is 1. The minimum absolute atomic E-state index is 0.162. The summed E-state index contributed by atoms with van der Waals surface area (Å²) in [5.74, 6) is -1.52. The number of nitrogens with zero attached hydrogens (tertiary/aromatic N) is 2. The minimum atomic E-state index is -0.553. The third kappa shape index (κ3) is 5.82. The molecule has 176 valence electrons. The van der Waals surface area contributed by atoms with Crippen LogP contribution >= 0.6 is 11.8 Å². The molecule has 1 heterocycles. The Morgan fingerprint density at radius 1 is 1.03 bits per heavy atom. The third-order valence-corrected chi connectivity index (χ3v) is 5.89. The first-order chi connectivity index (χ1) is 16.9. The Hall–Kier alpha value is -4.24. The van der Waals surface area contributed by atoms with Crippen LogP contribution in [0, 0.1) is 5.82 Å². The molecule has 0 unspecified atom stereocenters. The molecule has 4 rings (SSSR count). The molecule has 0 fully saturated rings. The number of aliphatic imine (C=N–C) groups is 1. The molecular formula is C26H20FN3O4S. The van der Waals surface area contributed by atoms with E-state index in [0.717, 1.165) is 17.3 Å². The van der Waals surface area contributed by atoms with Gasteiger partial charge in [0.25, 0.3) is 11.8 Å². The van der Waals surface area contributed by atoms with Crippen LogP contribution in [-0.2, 0) is 9.59 Å². The molecule has 0 saturated carbocycles. The lowest BCUT2D eigenvalue weighted by molar-refractivity contribution is -0.117. The zero-order valence-corrected chi connectivity index (χ0v) is 19.4. The summed E-state index contributed by atoms with van der Waals surface area (Å²) in [5, 5.41) is 2.57. The molecule has 0 atom stereocenters. The van der Waals surface area contributed by atoms with E-state index < -0.39 is 23.5 Å². The number of rotatable bonds is 6. The normalized spacial score (nSPS) is 14.1. The number of hydrogen-bond donors (Lipinski definition) is 1. The van der Waals surface area contributed by atoms with E-state index in [0.29, 0.717) is 17.0 Å². The van der Waals surface area contributed by atoms with Gasteiger partial charge < -0.3 is 4.74 Å². The van der Waals surface area contributed by atoms with Crippen molar-refractivity contribution in [1.82, 2.24) is 5.32 Å². The number of nitrogens with one attached hydrogen (secondary N) is 1. The van der Waals surface area contributed by atoms with Gasteiger partial charge in [-0.1, -0.05) is 42.1 Å². The molecule has 1 N–H and O–H groups in total. The number of imide groups is 1. The largest absolute Gasteiger partial charge is 0.497 e. The molecule has 3 aromatic rings. The van der Waals surface area contributed by atoms with Crippen LogP contribution < -0.4 is 15.0 Å². The zero-order chi connectivity index (χ0) is 24.8. The van der Waals surface area contributed by atoms with Crippen LogP contribution in [0.2, 0.25) is 0 Å². The number of thioether (sulfide) groups is 1. The quantitative estimate of drug-likeness (QED) is 0.523. The van der Waals surface area contributed by atoms with E-state index in [1.54, 1.807) is 30.3 Å². The van der Waals surface area contributed by atoms with Gasteiger partial charge in [-0.25, -0.2) is 9.38 Å². The van der Waals surface area contributed by atoms with Crippen molar-refractivity contribution >= 4 is 46.4 Å². The second kappa shape index (κ2) is 10.8. The summed E-state index contributed by atoms with van der Waals surface area (Å²) in [7, 11) is 1.52. The molecule has 1 aliphatic heterocycles. The minimum Gasteiger partial charge on any atom is -0.497 e. The van der Waals surface area contributed by atoms with Crippen molar-refractivity contribution in [2.24, 2.45) is 4.99 Å². The fourth-order valence-electron chi connectivity index (χ4n) is 3.23. The van der Waals surface area contributed by atoms with E-state index in [9.17, 15) is 18.8 Å². The second-order valence-electron chi connectivity index (χ2n) is 7.35. The first kappa shape index (κ1) is 23.9. The number of ether oxygens (including phenoxy) is 1. The molecule has 0 spiro atoms. The molecule has 9 heteroatoms. The van der Waals surface area contributed by atoms with Crippen molar-refractivity contribution in [3.8, 4) is 5.75 Å². The van der Waals surface area contributed by atoms with Crippen LogP contribution in [0.3, 0.4) is 0 Å². The van der Waals surface area contributed by atoms with Gasteiger partial charge in [-0.05, 0) is 60.2 Å². The highest BCUT2D eigenvalue weighted by molar-refractivity contribution is 8.14. The van der Waals surface area contributed by atoms with Crippen molar-refractivity contribution in [3.05, 3.63) is 102 Å². The van der Waals surface area contributed by atoms with E-state index in [-0.39, 0.29) is 16.6 Å². The first-order valence-electron chi connectivity index (χ1n) is 10.5. The van der Waals surface area contributed by atoms with E-state index in [4.69, 9.17) is 4.74 Å². The van der Waals surface area contributed by atoms with Crippen LogP contribution in [0.4, 0.5) is 10.1 Å². The number of benzene rings is 3. The van der Waals surface area contributed by atoms with Gasteiger partial charge in [0, 0.05) is 5.56 Å². The second-order valence-corrected chi connectivity index (χ2v) is 8.29. The van der Waals surface area contributed by atoms with Crippen molar-refractivity contribution in [3.63, 3.8) is 0 Å². The van der Waals surface area contributed by atoms with Crippen molar-refractivity contribution < 1.29 is 23.5 Å². The predicted molar refractivity (Wildman–Crippen MR) is 134 cm³/mol. The lowest BCUT2D eigenvalue weighted by Crippen LogP contribution is -2.34. The van der Waals surface area contributed by atoms with Crippen LogP contribution in [0.25, 0.3) is 6.08 Å². The maximum Gasteiger partial charge on any atom is 0.283 e. The summed E-state index contributed by atoms with van der Waals surface area (Å²) in [6, 6.07) is 20.9. The molecule has 35 heavy (non-hydrogen) atoms. The maximum atomic E-state index is 13.4. The Bertz CT molecular complexity index is 1310. The van der Waals surface area contributed by atoms with E-state index in [1.165, 1.54) is 36.3 Å². The van der Waals surface area contributed by atoms with Crippen molar-refractivity contribution in [2.75, 3.05) is 17.8 Å². The van der Waals surface area contributed by atoms with Crippen LogP contribution in [-0.4, -0.2) is 35.8 Å². The maximum absolute atomic E-state index is 13.4. The van der Waals surface area contributed by atoms with Crippen molar-refractivity contribution in [1.29, 1.82) is 0 Å². The number of hydrogen-bond acceptors (Lipinski definition) is 6. The molecule has 0 aromatic heterocycles. The third-order valence-electron chi connectivity index (χ3n) is 4.95. The topological polar surface area (TPSA) is 88.1 Å². The molecule has 0 bridgehead atoms. The van der Waals surface area contributed by atoms with E-state index >= 15 is 0 Å². The molecule has 0 radical (unpaired) electrons. The summed E-state index contributed by atoms with van der Waals surface area (Å²) < 4.78 is 18.5. The van der Waals surface area contributed by atoms with Gasteiger partial charge >= 0.3 is 0 Å². The smallest absolute Gasteiger partial charge is 0.283 e. The average molecular weight is 490 g/mol. The van der Waals surface area contributed by atoms with E-state index in [2.05, 4.69) is 10.3 Å². The number of amides is 3. The van der Waals surface area contributed by atoms with E-state index in [1.807, 2.05) is 30.3 Å². The Morgan fingerprint density at radius 2 is 1.71 bits per heavy atom. The number of halogens is 1. The summed E-state index contributed by atoms with van der Waals surface area (Å²) in [6.45, 7) is 0. The molecular weight excluding hydrogens is 469 g/mol. The Labute approximate surface area is 205 Å². The Morgan fingerprint density at radius 3 is 2.37 bits per heavy atom. The highest BCUT2D eigenvalue weighted by Gasteiger charge is 2.32. The van der Waals surface area contributed by atoms with Gasteiger partial charge in [0.2, 0.25) is 5.91 Å². The predicted octanol–water partition coefficient (Wildman–Crippen LogP) is 4.27. The molecule has 3 amide bonds. The highest BCUT2D eigenvalue weighted by Crippen LogP contribution is 2.29. The fraction of sp³-hybridized carbons (Fsp3) is 0.0769. The lowest BCUT2D eigenvalue weighted by Gasteiger charge is -2.17. The Kier molecular flexibility index (Phi) is 7.37. The molecule has 1 aliphatic rings. The SMILES string of the molecule is COc1ccc(C(=O)NC(=O)CSC2=N/C(=C\c3ccccc3)C(=O)N2c2ccc(F)cc2)cc1. The zero-order valence-electron chi connectivity index (χ0n) is 18.6. The van der Waals surface area contributed by atoms with Crippen LogP contribution in [0.5, 0.6) is 5.75 Å². The van der Waals surface area contributed by atoms with Crippen molar-refractivity contribution in [2.45, 2.75) is 0 Å². The number of carbonyl (C=O) groups is 3. The molecule has 7 nitrogen and oxygen atoms in total. The highest BCUT2D eigenvalue weighted by atomic mass is 32.2. The summed E-state index contributed by atoms with van der Waals surface area (Å²) in [6.07, 6.45) is 1.64. The average Bonchev–Trinajstić information content (AvgIpc) is 3.18. The summed E-state index contributed by atoms with van der Waals surface area (Å²) in [4.78, 5) is 43.7. The van der Waals surface area contributed by atoms with Gasteiger partial charge in [-0.2, -0.15) is 0 Å². The molecule has 3 aromatic carbocycles.